The van der Waals surface area contributed by atoms with Crippen LogP contribution in [-0.2, 0) is 4.79 Å². The van der Waals surface area contributed by atoms with E-state index in [1.165, 1.54) is 0 Å². The van der Waals surface area contributed by atoms with Crippen molar-refractivity contribution in [3.8, 4) is 0 Å². The van der Waals surface area contributed by atoms with E-state index in [0.717, 1.165) is 25.7 Å². The lowest BCUT2D eigenvalue weighted by atomic mass is 9.84. The predicted molar refractivity (Wildman–Crippen MR) is 79.4 cm³/mol. The SMILES string of the molecule is O=C(O)[C@H]1C[C@H]2CCCC[C@H]2N1C(=O)c1cccc(Cl)c1. The topological polar surface area (TPSA) is 57.6 Å². The average molecular weight is 308 g/mol. The average Bonchev–Trinajstić information content (AvgIpc) is 2.86. The molecule has 4 nitrogen and oxygen atoms in total. The van der Waals surface area contributed by atoms with Gasteiger partial charge in [0.25, 0.3) is 5.91 Å². The Kier molecular flexibility index (Phi) is 3.89. The molecule has 1 saturated heterocycles. The zero-order valence-electron chi connectivity index (χ0n) is 11.7. The molecule has 1 heterocycles. The molecule has 0 bridgehead atoms. The van der Waals surface area contributed by atoms with E-state index >= 15 is 0 Å². The molecule has 21 heavy (non-hydrogen) atoms. The third-order valence-electron chi connectivity index (χ3n) is 4.68. The Balaban J connectivity index is 1.92. The molecule has 0 spiro atoms. The van der Waals surface area contributed by atoms with Crippen molar-refractivity contribution in [2.24, 2.45) is 5.92 Å². The van der Waals surface area contributed by atoms with Gasteiger partial charge in [-0.3, -0.25) is 4.79 Å². The number of likely N-dealkylation sites (tertiary alicyclic amines) is 1. The van der Waals surface area contributed by atoms with Gasteiger partial charge in [-0.25, -0.2) is 4.79 Å². The Hall–Kier alpha value is -1.55. The summed E-state index contributed by atoms with van der Waals surface area (Å²) in [6.07, 6.45) is 4.69. The molecule has 3 rings (SSSR count). The number of carboxylic acids is 1. The molecule has 1 amide bonds. The Labute approximate surface area is 128 Å². The van der Waals surface area contributed by atoms with E-state index in [1.54, 1.807) is 29.2 Å². The Morgan fingerprint density at radius 3 is 2.71 bits per heavy atom. The number of halogens is 1. The van der Waals surface area contributed by atoms with E-state index in [4.69, 9.17) is 11.6 Å². The van der Waals surface area contributed by atoms with Crippen LogP contribution in [0.15, 0.2) is 24.3 Å². The minimum Gasteiger partial charge on any atom is -0.480 e. The molecule has 2 fully saturated rings. The number of carboxylic acid groups (broad SMARTS) is 1. The molecule has 0 radical (unpaired) electrons. The first-order valence-electron chi connectivity index (χ1n) is 7.39. The second-order valence-corrected chi connectivity index (χ2v) is 6.36. The minimum atomic E-state index is -0.903. The van der Waals surface area contributed by atoms with E-state index in [1.807, 2.05) is 0 Å². The van der Waals surface area contributed by atoms with Gasteiger partial charge in [0.1, 0.15) is 6.04 Å². The third-order valence-corrected chi connectivity index (χ3v) is 4.91. The second-order valence-electron chi connectivity index (χ2n) is 5.92. The maximum Gasteiger partial charge on any atom is 0.326 e. The van der Waals surface area contributed by atoms with Crippen molar-refractivity contribution in [3.05, 3.63) is 34.9 Å². The number of hydrogen-bond donors (Lipinski definition) is 1. The van der Waals surface area contributed by atoms with Crippen molar-refractivity contribution in [2.45, 2.75) is 44.2 Å². The summed E-state index contributed by atoms with van der Waals surface area (Å²) in [5.41, 5.74) is 0.472. The summed E-state index contributed by atoms with van der Waals surface area (Å²) in [5, 5.41) is 9.95. The summed E-state index contributed by atoms with van der Waals surface area (Å²) >= 11 is 5.94. The summed E-state index contributed by atoms with van der Waals surface area (Å²) < 4.78 is 0. The first-order valence-corrected chi connectivity index (χ1v) is 7.77. The fraction of sp³-hybridized carbons (Fsp3) is 0.500. The smallest absolute Gasteiger partial charge is 0.326 e. The number of fused-ring (bicyclic) bond motifs is 1. The molecule has 1 aromatic carbocycles. The number of carbonyl (C=O) groups is 2. The van der Waals surface area contributed by atoms with Gasteiger partial charge >= 0.3 is 5.97 Å². The lowest BCUT2D eigenvalue weighted by Crippen LogP contribution is -2.46. The molecule has 1 N–H and O–H groups in total. The molecule has 1 aliphatic carbocycles. The normalized spacial score (nSPS) is 28.2. The van der Waals surface area contributed by atoms with E-state index < -0.39 is 12.0 Å². The standard InChI is InChI=1S/C16H18ClNO3/c17-12-6-3-5-11(8-12)15(19)18-13-7-2-1-4-10(13)9-14(18)16(20)21/h3,5-6,8,10,13-14H,1-2,4,7,9H2,(H,20,21)/t10-,13-,14-/m1/s1. The highest BCUT2D eigenvalue weighted by atomic mass is 35.5. The third kappa shape index (κ3) is 2.64. The maximum absolute atomic E-state index is 12.8. The molecular formula is C16H18ClNO3. The van der Waals surface area contributed by atoms with Crippen LogP contribution >= 0.6 is 11.6 Å². The molecular weight excluding hydrogens is 290 g/mol. The second kappa shape index (κ2) is 5.68. The largest absolute Gasteiger partial charge is 0.480 e. The van der Waals surface area contributed by atoms with Crippen LogP contribution in [0.4, 0.5) is 0 Å². The van der Waals surface area contributed by atoms with Gasteiger partial charge in [-0.05, 0) is 43.4 Å². The summed E-state index contributed by atoms with van der Waals surface area (Å²) in [4.78, 5) is 25.9. The zero-order valence-corrected chi connectivity index (χ0v) is 12.4. The summed E-state index contributed by atoms with van der Waals surface area (Å²) in [5.74, 6) is -0.790. The van der Waals surface area contributed by atoms with Gasteiger partial charge in [0.2, 0.25) is 0 Å². The van der Waals surface area contributed by atoms with Crippen LogP contribution in [0.25, 0.3) is 0 Å². The minimum absolute atomic E-state index is 0.0614. The van der Waals surface area contributed by atoms with E-state index in [9.17, 15) is 14.7 Å². The molecule has 112 valence electrons. The number of amides is 1. The van der Waals surface area contributed by atoms with Crippen molar-refractivity contribution in [1.29, 1.82) is 0 Å². The lowest BCUT2D eigenvalue weighted by Gasteiger charge is -2.33. The Morgan fingerprint density at radius 1 is 1.24 bits per heavy atom. The summed E-state index contributed by atoms with van der Waals surface area (Å²) in [7, 11) is 0. The van der Waals surface area contributed by atoms with Gasteiger partial charge in [-0.1, -0.05) is 30.5 Å². The molecule has 3 atom stereocenters. The maximum atomic E-state index is 12.8. The first-order chi connectivity index (χ1) is 10.1. The predicted octanol–water partition coefficient (Wildman–Crippen LogP) is 3.20. The van der Waals surface area contributed by atoms with Crippen molar-refractivity contribution < 1.29 is 14.7 Å². The number of rotatable bonds is 2. The molecule has 5 heteroatoms. The zero-order chi connectivity index (χ0) is 15.0. The van der Waals surface area contributed by atoms with Crippen LogP contribution in [0.2, 0.25) is 5.02 Å². The van der Waals surface area contributed by atoms with Gasteiger partial charge in [0.15, 0.2) is 0 Å². The van der Waals surface area contributed by atoms with Gasteiger partial charge in [-0.15, -0.1) is 0 Å². The lowest BCUT2D eigenvalue weighted by molar-refractivity contribution is -0.141. The number of aliphatic carboxylic acids is 1. The fourth-order valence-electron chi connectivity index (χ4n) is 3.74. The fourth-order valence-corrected chi connectivity index (χ4v) is 3.93. The number of benzene rings is 1. The van der Waals surface area contributed by atoms with Gasteiger partial charge in [0.05, 0.1) is 0 Å². The van der Waals surface area contributed by atoms with Crippen molar-refractivity contribution >= 4 is 23.5 Å². The first kappa shape index (κ1) is 14.4. The molecule has 1 aliphatic heterocycles. The van der Waals surface area contributed by atoms with Gasteiger partial charge in [0, 0.05) is 16.6 Å². The quantitative estimate of drug-likeness (QED) is 0.913. The molecule has 0 aromatic heterocycles. The highest BCUT2D eigenvalue weighted by Gasteiger charge is 2.47. The molecule has 0 unspecified atom stereocenters. The molecule has 1 aromatic rings. The highest BCUT2D eigenvalue weighted by molar-refractivity contribution is 6.31. The van der Waals surface area contributed by atoms with Gasteiger partial charge < -0.3 is 10.0 Å². The summed E-state index contributed by atoms with van der Waals surface area (Å²) in [6, 6.07) is 6.10. The van der Waals surface area contributed by atoms with E-state index in [0.29, 0.717) is 22.9 Å². The molecule has 2 aliphatic rings. The Bertz CT molecular complexity index is 574. The summed E-state index contributed by atoms with van der Waals surface area (Å²) in [6.45, 7) is 0. The van der Waals surface area contributed by atoms with Gasteiger partial charge in [-0.2, -0.15) is 0 Å². The van der Waals surface area contributed by atoms with Crippen molar-refractivity contribution in [1.82, 2.24) is 4.90 Å². The molecule has 1 saturated carbocycles. The van der Waals surface area contributed by atoms with E-state index in [-0.39, 0.29) is 11.9 Å². The van der Waals surface area contributed by atoms with Crippen molar-refractivity contribution in [2.75, 3.05) is 0 Å². The number of carbonyl (C=O) groups excluding carboxylic acids is 1. The Morgan fingerprint density at radius 2 is 2.00 bits per heavy atom. The van der Waals surface area contributed by atoms with Crippen LogP contribution in [0, 0.1) is 5.92 Å². The van der Waals surface area contributed by atoms with Crippen LogP contribution in [0.1, 0.15) is 42.5 Å². The van der Waals surface area contributed by atoms with Crippen LogP contribution in [-0.4, -0.2) is 34.0 Å². The monoisotopic (exact) mass is 307 g/mol. The van der Waals surface area contributed by atoms with Crippen molar-refractivity contribution in [3.63, 3.8) is 0 Å². The van der Waals surface area contributed by atoms with Crippen LogP contribution in [0.3, 0.4) is 0 Å². The number of hydrogen-bond acceptors (Lipinski definition) is 2. The highest BCUT2D eigenvalue weighted by Crippen LogP contribution is 2.40. The number of nitrogens with zero attached hydrogens (tertiary/aromatic N) is 1. The van der Waals surface area contributed by atoms with Crippen LogP contribution in [0.5, 0.6) is 0 Å². The van der Waals surface area contributed by atoms with Crippen LogP contribution < -0.4 is 0 Å². The van der Waals surface area contributed by atoms with E-state index in [2.05, 4.69) is 0 Å².